The SMILES string of the molecule is NCC(=O)NCC(=O)c1cnccn1. The Morgan fingerprint density at radius 2 is 2.21 bits per heavy atom. The minimum absolute atomic E-state index is 0.102. The highest BCUT2D eigenvalue weighted by Crippen LogP contribution is 1.90. The minimum Gasteiger partial charge on any atom is -0.347 e. The lowest BCUT2D eigenvalue weighted by atomic mass is 10.3. The number of hydrogen-bond acceptors (Lipinski definition) is 5. The zero-order chi connectivity index (χ0) is 10.4. The molecule has 0 atom stereocenters. The average Bonchev–Trinajstić information content (AvgIpc) is 2.26. The van der Waals surface area contributed by atoms with E-state index >= 15 is 0 Å². The highest BCUT2D eigenvalue weighted by molar-refractivity contribution is 5.97. The number of Topliss-reactive ketones (excluding diaryl/α,β-unsaturated/α-hetero) is 1. The van der Waals surface area contributed by atoms with Crippen molar-refractivity contribution >= 4 is 11.7 Å². The van der Waals surface area contributed by atoms with E-state index in [0.29, 0.717) is 0 Å². The Labute approximate surface area is 80.5 Å². The van der Waals surface area contributed by atoms with E-state index in [0.717, 1.165) is 0 Å². The molecule has 3 N–H and O–H groups in total. The Kier molecular flexibility index (Phi) is 3.69. The fourth-order valence-corrected chi connectivity index (χ4v) is 0.785. The molecule has 0 aliphatic carbocycles. The molecule has 74 valence electrons. The molecule has 0 radical (unpaired) electrons. The molecule has 0 aliphatic heterocycles. The predicted molar refractivity (Wildman–Crippen MR) is 48.4 cm³/mol. The maximum atomic E-state index is 11.3. The summed E-state index contributed by atoms with van der Waals surface area (Å²) >= 11 is 0. The molecule has 1 amide bonds. The molecule has 0 unspecified atom stereocenters. The molecule has 0 saturated carbocycles. The van der Waals surface area contributed by atoms with E-state index in [1.807, 2.05) is 0 Å². The molecule has 0 aliphatic rings. The summed E-state index contributed by atoms with van der Waals surface area (Å²) in [6.07, 6.45) is 4.23. The second-order valence-corrected chi connectivity index (χ2v) is 2.49. The fourth-order valence-electron chi connectivity index (χ4n) is 0.785. The van der Waals surface area contributed by atoms with E-state index in [1.54, 1.807) is 0 Å². The van der Waals surface area contributed by atoms with Crippen LogP contribution in [-0.2, 0) is 4.79 Å². The fraction of sp³-hybridized carbons (Fsp3) is 0.250. The van der Waals surface area contributed by atoms with Crippen LogP contribution in [0, 0.1) is 0 Å². The van der Waals surface area contributed by atoms with Gasteiger partial charge in [0.05, 0.1) is 19.3 Å². The first kappa shape index (κ1) is 10.3. The minimum atomic E-state index is -0.373. The molecule has 0 bridgehead atoms. The molecule has 1 aromatic heterocycles. The highest BCUT2D eigenvalue weighted by Gasteiger charge is 2.07. The van der Waals surface area contributed by atoms with Gasteiger partial charge in [-0.3, -0.25) is 14.6 Å². The Balaban J connectivity index is 2.48. The average molecular weight is 194 g/mol. The summed E-state index contributed by atoms with van der Waals surface area (Å²) in [5.74, 6) is -0.665. The molecular weight excluding hydrogens is 184 g/mol. The molecule has 6 nitrogen and oxygen atoms in total. The maximum Gasteiger partial charge on any atom is 0.234 e. The van der Waals surface area contributed by atoms with Gasteiger partial charge in [-0.15, -0.1) is 0 Å². The molecular formula is C8H10N4O2. The first-order valence-corrected chi connectivity index (χ1v) is 4.00. The maximum absolute atomic E-state index is 11.3. The number of hydrogen-bond donors (Lipinski definition) is 2. The van der Waals surface area contributed by atoms with Gasteiger partial charge in [0.15, 0.2) is 0 Å². The summed E-state index contributed by atoms with van der Waals surface area (Å²) in [4.78, 5) is 29.6. The smallest absolute Gasteiger partial charge is 0.234 e. The number of ketones is 1. The van der Waals surface area contributed by atoms with Crippen LogP contribution < -0.4 is 11.1 Å². The van der Waals surface area contributed by atoms with E-state index in [1.165, 1.54) is 18.6 Å². The van der Waals surface area contributed by atoms with Gasteiger partial charge in [0, 0.05) is 12.4 Å². The molecule has 6 heteroatoms. The molecule has 0 saturated heterocycles. The number of nitrogens with two attached hydrogens (primary N) is 1. The number of nitrogens with zero attached hydrogens (tertiary/aromatic N) is 2. The monoisotopic (exact) mass is 194 g/mol. The summed E-state index contributed by atoms with van der Waals surface area (Å²) in [5, 5.41) is 2.35. The lowest BCUT2D eigenvalue weighted by Gasteiger charge is -2.01. The molecule has 14 heavy (non-hydrogen) atoms. The predicted octanol–water partition coefficient (Wildman–Crippen LogP) is -1.27. The number of rotatable bonds is 4. The number of amides is 1. The van der Waals surface area contributed by atoms with Crippen molar-refractivity contribution in [3.05, 3.63) is 24.3 Å². The summed E-state index contributed by atoms with van der Waals surface area (Å²) in [6.45, 7) is -0.234. The van der Waals surface area contributed by atoms with Crippen molar-refractivity contribution in [1.29, 1.82) is 0 Å². The van der Waals surface area contributed by atoms with Crippen LogP contribution in [0.1, 0.15) is 10.5 Å². The Morgan fingerprint density at radius 3 is 2.79 bits per heavy atom. The van der Waals surface area contributed by atoms with Gasteiger partial charge in [0.1, 0.15) is 5.69 Å². The standard InChI is InChI=1S/C8H10N4O2/c9-3-8(14)12-5-7(13)6-4-10-1-2-11-6/h1-2,4H,3,5,9H2,(H,12,14). The summed E-state index contributed by atoms with van der Waals surface area (Å²) < 4.78 is 0. The molecule has 1 heterocycles. The second-order valence-electron chi connectivity index (χ2n) is 2.49. The van der Waals surface area contributed by atoms with Crippen molar-refractivity contribution in [2.24, 2.45) is 5.73 Å². The molecule has 1 aromatic rings. The molecule has 0 fully saturated rings. The molecule has 0 aromatic carbocycles. The van der Waals surface area contributed by atoms with Crippen LogP contribution in [0.3, 0.4) is 0 Å². The highest BCUT2D eigenvalue weighted by atomic mass is 16.2. The second kappa shape index (κ2) is 5.03. The van der Waals surface area contributed by atoms with Crippen molar-refractivity contribution in [3.8, 4) is 0 Å². The van der Waals surface area contributed by atoms with Crippen molar-refractivity contribution in [2.75, 3.05) is 13.1 Å². The van der Waals surface area contributed by atoms with Gasteiger partial charge in [0.2, 0.25) is 11.7 Å². The first-order valence-electron chi connectivity index (χ1n) is 4.00. The van der Waals surface area contributed by atoms with E-state index in [4.69, 9.17) is 5.73 Å². The summed E-state index contributed by atoms with van der Waals surface area (Å²) in [6, 6.07) is 0. The Hall–Kier alpha value is -1.82. The topological polar surface area (TPSA) is 98.0 Å². The van der Waals surface area contributed by atoms with Gasteiger partial charge >= 0.3 is 0 Å². The third kappa shape index (κ3) is 2.91. The third-order valence-electron chi connectivity index (χ3n) is 1.48. The van der Waals surface area contributed by atoms with Crippen LogP contribution in [0.4, 0.5) is 0 Å². The van der Waals surface area contributed by atoms with Crippen LogP contribution in [0.25, 0.3) is 0 Å². The number of aromatic nitrogens is 2. The van der Waals surface area contributed by atoms with E-state index < -0.39 is 0 Å². The summed E-state index contributed by atoms with van der Waals surface area (Å²) in [7, 11) is 0. The number of nitrogens with one attached hydrogen (secondary N) is 1. The largest absolute Gasteiger partial charge is 0.347 e. The van der Waals surface area contributed by atoms with E-state index in [2.05, 4.69) is 15.3 Å². The van der Waals surface area contributed by atoms with Crippen molar-refractivity contribution < 1.29 is 9.59 Å². The van der Waals surface area contributed by atoms with Crippen LogP contribution >= 0.6 is 0 Å². The summed E-state index contributed by atoms with van der Waals surface area (Å²) in [5.41, 5.74) is 5.27. The zero-order valence-electron chi connectivity index (χ0n) is 7.43. The number of carbonyl (C=O) groups excluding carboxylic acids is 2. The zero-order valence-corrected chi connectivity index (χ0v) is 7.43. The van der Waals surface area contributed by atoms with Gasteiger partial charge in [-0.25, -0.2) is 4.98 Å². The lowest BCUT2D eigenvalue weighted by molar-refractivity contribution is -0.119. The van der Waals surface area contributed by atoms with Gasteiger partial charge in [-0.05, 0) is 0 Å². The quantitative estimate of drug-likeness (QED) is 0.582. The van der Waals surface area contributed by atoms with Crippen LogP contribution in [0.15, 0.2) is 18.6 Å². The van der Waals surface area contributed by atoms with E-state index in [9.17, 15) is 9.59 Å². The third-order valence-corrected chi connectivity index (χ3v) is 1.48. The van der Waals surface area contributed by atoms with Crippen molar-refractivity contribution in [3.63, 3.8) is 0 Å². The van der Waals surface area contributed by atoms with Crippen LogP contribution in [0.2, 0.25) is 0 Å². The van der Waals surface area contributed by atoms with Crippen LogP contribution in [-0.4, -0.2) is 34.7 Å². The normalized spacial score (nSPS) is 9.50. The Morgan fingerprint density at radius 1 is 1.43 bits per heavy atom. The van der Waals surface area contributed by atoms with Crippen molar-refractivity contribution in [2.45, 2.75) is 0 Å². The van der Waals surface area contributed by atoms with Gasteiger partial charge in [-0.1, -0.05) is 0 Å². The van der Waals surface area contributed by atoms with Gasteiger partial charge in [0.25, 0.3) is 0 Å². The lowest BCUT2D eigenvalue weighted by Crippen LogP contribution is -2.34. The first-order chi connectivity index (χ1) is 6.74. The molecule has 1 rings (SSSR count). The van der Waals surface area contributed by atoms with E-state index in [-0.39, 0.29) is 30.5 Å². The number of carbonyl (C=O) groups is 2. The van der Waals surface area contributed by atoms with Crippen molar-refractivity contribution in [1.82, 2.24) is 15.3 Å². The van der Waals surface area contributed by atoms with Gasteiger partial charge in [-0.2, -0.15) is 0 Å². The Bertz CT molecular complexity index is 325. The van der Waals surface area contributed by atoms with Gasteiger partial charge < -0.3 is 11.1 Å². The van der Waals surface area contributed by atoms with Crippen LogP contribution in [0.5, 0.6) is 0 Å². The molecule has 0 spiro atoms.